The van der Waals surface area contributed by atoms with E-state index in [1.165, 1.54) is 50.9 Å². The number of ether oxygens (including phenoxy) is 2. The fraction of sp³-hybridized carbons (Fsp3) is 0.250. The molecule has 0 amide bonds. The fourth-order valence-electron chi connectivity index (χ4n) is 2.35. The summed E-state index contributed by atoms with van der Waals surface area (Å²) < 4.78 is 9.74. The van der Waals surface area contributed by atoms with E-state index in [1.807, 2.05) is 0 Å². The minimum absolute atomic E-state index is 0. The molecule has 0 spiro atoms. The van der Waals surface area contributed by atoms with Gasteiger partial charge in [-0.2, -0.15) is 0 Å². The first-order chi connectivity index (χ1) is 18.0. The van der Waals surface area contributed by atoms with Crippen molar-refractivity contribution in [3.63, 3.8) is 0 Å². The van der Waals surface area contributed by atoms with E-state index in [-0.39, 0.29) is 140 Å². The zero-order valence-electron chi connectivity index (χ0n) is 27.7. The number of carboxylic acid groups (broad SMARTS) is 2. The number of methoxy groups -OCH3 is 2. The van der Waals surface area contributed by atoms with Gasteiger partial charge in [-0.3, -0.25) is 20.0 Å². The molecule has 2 rings (SSSR count). The van der Waals surface area contributed by atoms with E-state index < -0.39 is 36.8 Å². The molecule has 1 radical (unpaired) electrons. The third kappa shape index (κ3) is 44.0. The van der Waals surface area contributed by atoms with Gasteiger partial charge in [-0.1, -0.05) is 23.6 Å². The first-order valence-electron chi connectivity index (χ1n) is 10.6. The quantitative estimate of drug-likeness (QED) is 0.0837. The van der Waals surface area contributed by atoms with Gasteiger partial charge in [0.15, 0.2) is 0 Å². The van der Waals surface area contributed by atoms with Crippen molar-refractivity contribution in [2.24, 2.45) is 20.0 Å². The van der Waals surface area contributed by atoms with Crippen molar-refractivity contribution >= 4 is 36.2 Å². The summed E-state index contributed by atoms with van der Waals surface area (Å²) in [5.74, 6) is -3.97. The van der Waals surface area contributed by atoms with Crippen LogP contribution in [0, 0.1) is 0 Å². The van der Waals surface area contributed by atoms with Crippen LogP contribution in [0.1, 0.15) is 11.1 Å². The number of aliphatic imine (C=N–C) groups is 4. The molecule has 0 aromatic heterocycles. The molecule has 29 heteroatoms. The molecule has 0 fully saturated rings. The second-order valence-electron chi connectivity index (χ2n) is 6.91. The van der Waals surface area contributed by atoms with Gasteiger partial charge in [0.1, 0.15) is 11.5 Å². The Morgan fingerprint density at radius 2 is 0.830 bits per heavy atom. The molecule has 2 aromatic rings. The summed E-state index contributed by atoms with van der Waals surface area (Å²) in [5, 5.41) is 65.3. The molecule has 0 unspecified atom stereocenters. The van der Waals surface area contributed by atoms with Gasteiger partial charge in [-0.15, -0.1) is 0 Å². The topological polar surface area (TPSA) is 627 Å². The Labute approximate surface area is 331 Å². The number of hydrogen-bond donors (Lipinski definition) is 0. The smallest absolute Gasteiger partial charge is 0.872 e. The average Bonchev–Trinajstić information content (AvgIpc) is 2.88. The molecule has 2 aromatic carbocycles. The molecule has 30 N–H and O–H groups in total. The van der Waals surface area contributed by atoms with Crippen LogP contribution in [0.5, 0.6) is 23.0 Å². The summed E-state index contributed by atoms with van der Waals surface area (Å²) in [5.41, 5.74) is 0.599. The standard InChI is InChI=1S/2C12H14N2O5.Co.2Ni.12H2O/c2*1-19-9-3-2-8(10(15)4-9)5-13-6-11(16)14-7-12(17)18;;;;;;;;;;;;;;;/h2*2-5,15H,6-7H2,1H3,(H,14,16)(H,17,18);;;;12*1H2/q;;3*+2;;;;;;;;;;;;. The normalized spacial score (nSPS) is 8.42. The summed E-state index contributed by atoms with van der Waals surface area (Å²) in [6.07, 6.45) is 2.46. The van der Waals surface area contributed by atoms with Crippen LogP contribution in [0.15, 0.2) is 56.4 Å². The number of benzene rings is 2. The predicted molar refractivity (Wildman–Crippen MR) is 175 cm³/mol. The Balaban J connectivity index is -0.0000000327. The van der Waals surface area contributed by atoms with Crippen LogP contribution < -0.4 is 40.1 Å². The molecular weight excluding hydrogens is 873 g/mol. The van der Waals surface area contributed by atoms with Gasteiger partial charge in [-0.25, -0.2) is 0 Å². The molecular formula is C24H52CoN4Ni2O22+6. The molecule has 323 valence electrons. The Kier molecular flexibility index (Phi) is 101. The zero-order valence-corrected chi connectivity index (χ0v) is 30.8. The van der Waals surface area contributed by atoms with Crippen molar-refractivity contribution < 1.29 is 165 Å². The van der Waals surface area contributed by atoms with Gasteiger partial charge >= 0.3 is 49.8 Å². The van der Waals surface area contributed by atoms with Gasteiger partial charge in [0.2, 0.25) is 0 Å². The number of carboxylic acids is 2. The molecule has 0 atom stereocenters. The number of carbonyl (C=O) groups excluding carboxylic acids is 2. The third-order valence-corrected chi connectivity index (χ3v) is 4.12. The number of rotatable bonds is 12. The summed E-state index contributed by atoms with van der Waals surface area (Å²) in [4.78, 5) is 33.9. The second kappa shape index (κ2) is 54.6. The van der Waals surface area contributed by atoms with Crippen molar-refractivity contribution in [2.45, 2.75) is 0 Å². The van der Waals surface area contributed by atoms with Crippen LogP contribution in [-0.4, -0.2) is 109 Å². The van der Waals surface area contributed by atoms with Gasteiger partial charge in [0.25, 0.3) is 0 Å². The summed E-state index contributed by atoms with van der Waals surface area (Å²) in [6, 6.07) is 8.78. The predicted octanol–water partition coefficient (Wildman–Crippen LogP) is -15.1. The molecule has 0 aliphatic carbocycles. The summed E-state index contributed by atoms with van der Waals surface area (Å²) in [7, 11) is 2.89. The maximum atomic E-state index is 11.5. The van der Waals surface area contributed by atoms with E-state index in [2.05, 4.69) is 20.0 Å². The maximum absolute atomic E-state index is 11.5. The van der Waals surface area contributed by atoms with Crippen LogP contribution in [0.2, 0.25) is 0 Å². The fourth-order valence-corrected chi connectivity index (χ4v) is 2.35. The third-order valence-electron chi connectivity index (χ3n) is 4.12. The monoisotopic (exact) mass is 923 g/mol. The summed E-state index contributed by atoms with van der Waals surface area (Å²) in [6.45, 7) is -2.02. The molecule has 0 saturated carbocycles. The van der Waals surface area contributed by atoms with Crippen molar-refractivity contribution in [1.82, 2.24) is 0 Å². The largest absolute Gasteiger partial charge is 2.00 e. The Morgan fingerprint density at radius 3 is 1.04 bits per heavy atom. The van der Waals surface area contributed by atoms with Crippen molar-refractivity contribution in [2.75, 3.05) is 40.4 Å². The minimum atomic E-state index is -1.44. The molecule has 53 heavy (non-hydrogen) atoms. The Hall–Kier alpha value is -4.13. The van der Waals surface area contributed by atoms with Crippen LogP contribution in [0.25, 0.3) is 0 Å². The second-order valence-corrected chi connectivity index (χ2v) is 6.91. The molecule has 0 heterocycles. The number of nitrogens with zero attached hydrogens (tertiary/aromatic N) is 4. The van der Waals surface area contributed by atoms with E-state index in [0.717, 1.165) is 0 Å². The Bertz CT molecular complexity index is 1150. The van der Waals surface area contributed by atoms with E-state index in [4.69, 9.17) is 9.47 Å². The first-order valence-corrected chi connectivity index (χ1v) is 10.6. The van der Waals surface area contributed by atoms with Crippen LogP contribution in [0.3, 0.4) is 0 Å². The van der Waals surface area contributed by atoms with E-state index in [9.17, 15) is 40.2 Å². The number of hydrogen-bond acceptors (Lipinski definition) is 14. The Morgan fingerprint density at radius 1 is 0.566 bits per heavy atom. The number of carbonyl (C=O) groups is 2. The van der Waals surface area contributed by atoms with E-state index in [0.29, 0.717) is 22.6 Å². The van der Waals surface area contributed by atoms with Gasteiger partial charge in [0, 0.05) is 12.4 Å². The van der Waals surface area contributed by atoms with Crippen molar-refractivity contribution in [3.8, 4) is 23.0 Å². The van der Waals surface area contributed by atoms with Crippen LogP contribution in [-0.2, 0) is 92.2 Å². The van der Waals surface area contributed by atoms with Crippen molar-refractivity contribution in [3.05, 3.63) is 47.5 Å². The molecule has 0 aliphatic heterocycles. The van der Waals surface area contributed by atoms with Crippen LogP contribution in [0.4, 0.5) is 0 Å². The van der Waals surface area contributed by atoms with Crippen LogP contribution >= 0.6 is 0 Å². The SMILES string of the molecule is COc1ccc(C=NCC([O-])=NCC(=O)[O-])c([O-])c1.COc1ccc(C=NCC([O-])=NCC(=O)[O-])c([O-])c1.O.O.O.O.O.O.[Co+2].[Ni+2].[Ni+2].[OH3+].[OH3+].[OH3+].[OH3+].[OH3+].[OH3+]. The maximum Gasteiger partial charge on any atom is 2.00 e. The molecule has 0 saturated heterocycles. The molecule has 26 nitrogen and oxygen atoms in total. The molecule has 0 bridgehead atoms. The average molecular weight is 925 g/mol. The summed E-state index contributed by atoms with van der Waals surface area (Å²) >= 11 is 0. The first kappa shape index (κ1) is 97.6. The molecule has 0 aliphatic rings. The zero-order chi connectivity index (χ0) is 28.5. The van der Waals surface area contributed by atoms with E-state index >= 15 is 0 Å². The van der Waals surface area contributed by atoms with Crippen molar-refractivity contribution in [1.29, 1.82) is 0 Å². The minimum Gasteiger partial charge on any atom is -0.872 e. The van der Waals surface area contributed by atoms with Gasteiger partial charge in [0.05, 0.1) is 52.3 Å². The van der Waals surface area contributed by atoms with Gasteiger partial charge in [-0.05, 0) is 47.2 Å². The van der Waals surface area contributed by atoms with E-state index in [1.54, 1.807) is 12.1 Å². The number of aliphatic carboxylic acids is 2. The van der Waals surface area contributed by atoms with Gasteiger partial charge < -0.3 is 115 Å².